The van der Waals surface area contributed by atoms with Crippen LogP contribution in [-0.2, 0) is 20.1 Å². The maximum absolute atomic E-state index is 4.60. The molecule has 2 saturated heterocycles. The summed E-state index contributed by atoms with van der Waals surface area (Å²) < 4.78 is 2.26. The Balaban J connectivity index is 1.40. The van der Waals surface area contributed by atoms with E-state index in [9.17, 15) is 0 Å². The van der Waals surface area contributed by atoms with Gasteiger partial charge < -0.3 is 4.57 Å². The predicted octanol–water partition coefficient (Wildman–Crippen LogP) is 2.58. The summed E-state index contributed by atoms with van der Waals surface area (Å²) in [5.74, 6) is 2.77. The Bertz CT molecular complexity index is 692. The molecule has 0 N–H and O–H groups in total. The van der Waals surface area contributed by atoms with Gasteiger partial charge >= 0.3 is 0 Å². The topological polar surface area (TPSA) is 50.1 Å². The van der Waals surface area contributed by atoms with Gasteiger partial charge in [-0.2, -0.15) is 0 Å². The Morgan fingerprint density at radius 3 is 2.50 bits per heavy atom. The van der Waals surface area contributed by atoms with E-state index >= 15 is 0 Å². The van der Waals surface area contributed by atoms with E-state index in [2.05, 4.69) is 48.7 Å². The summed E-state index contributed by atoms with van der Waals surface area (Å²) in [6, 6.07) is 4.23. The highest BCUT2D eigenvalue weighted by Crippen LogP contribution is 2.27. The fourth-order valence-corrected chi connectivity index (χ4v) is 4.34. The SMILES string of the molecule is Cn1c(CN2CCCCC2)nnc1[C@H]1CCCN(Cc2ccncc2)C1. The largest absolute Gasteiger partial charge is 0.317 e. The van der Waals surface area contributed by atoms with Gasteiger partial charge in [0.1, 0.15) is 11.6 Å². The van der Waals surface area contributed by atoms with E-state index in [4.69, 9.17) is 0 Å². The Kier molecular flexibility index (Phi) is 5.60. The van der Waals surface area contributed by atoms with E-state index in [1.165, 1.54) is 50.8 Å². The van der Waals surface area contributed by atoms with Crippen LogP contribution >= 0.6 is 0 Å². The molecule has 0 saturated carbocycles. The second kappa shape index (κ2) is 8.27. The molecule has 0 radical (unpaired) electrons. The third-order valence-electron chi connectivity index (χ3n) is 5.84. The summed E-state index contributed by atoms with van der Waals surface area (Å²) in [4.78, 5) is 9.19. The van der Waals surface area contributed by atoms with Crippen molar-refractivity contribution in [3.8, 4) is 0 Å². The lowest BCUT2D eigenvalue weighted by Gasteiger charge is -2.32. The van der Waals surface area contributed by atoms with E-state index in [-0.39, 0.29) is 0 Å². The lowest BCUT2D eigenvalue weighted by molar-refractivity contribution is 0.194. The third kappa shape index (κ3) is 4.13. The van der Waals surface area contributed by atoms with Crippen molar-refractivity contribution in [2.75, 3.05) is 26.2 Å². The van der Waals surface area contributed by atoms with Gasteiger partial charge in [-0.3, -0.25) is 14.8 Å². The van der Waals surface area contributed by atoms with Gasteiger partial charge in [-0.25, -0.2) is 0 Å². The molecule has 2 aromatic heterocycles. The van der Waals surface area contributed by atoms with Crippen LogP contribution in [0.2, 0.25) is 0 Å². The Morgan fingerprint density at radius 1 is 0.923 bits per heavy atom. The van der Waals surface area contributed by atoms with Crippen molar-refractivity contribution in [2.45, 2.75) is 51.1 Å². The summed E-state index contributed by atoms with van der Waals surface area (Å²) in [5.41, 5.74) is 1.34. The van der Waals surface area contributed by atoms with Gasteiger partial charge in [0.05, 0.1) is 6.54 Å². The highest BCUT2D eigenvalue weighted by atomic mass is 15.3. The molecule has 6 heteroatoms. The second-order valence-corrected chi connectivity index (χ2v) is 7.80. The van der Waals surface area contributed by atoms with Crippen LogP contribution in [0.25, 0.3) is 0 Å². The van der Waals surface area contributed by atoms with Crippen molar-refractivity contribution in [3.05, 3.63) is 41.7 Å². The zero-order valence-corrected chi connectivity index (χ0v) is 15.8. The number of rotatable bonds is 5. The van der Waals surface area contributed by atoms with Crippen molar-refractivity contribution in [3.63, 3.8) is 0 Å². The number of nitrogens with zero attached hydrogens (tertiary/aromatic N) is 6. The monoisotopic (exact) mass is 354 g/mol. The predicted molar refractivity (Wildman–Crippen MR) is 102 cm³/mol. The first kappa shape index (κ1) is 17.6. The quantitative estimate of drug-likeness (QED) is 0.826. The van der Waals surface area contributed by atoms with E-state index in [1.807, 2.05) is 12.4 Å². The zero-order chi connectivity index (χ0) is 17.8. The summed E-state index contributed by atoms with van der Waals surface area (Å²) >= 11 is 0. The molecule has 26 heavy (non-hydrogen) atoms. The van der Waals surface area contributed by atoms with Crippen LogP contribution in [0.5, 0.6) is 0 Å². The molecule has 4 heterocycles. The van der Waals surface area contributed by atoms with Crippen molar-refractivity contribution in [2.24, 2.45) is 7.05 Å². The molecule has 2 aliphatic rings. The Labute approximate surface area is 156 Å². The molecular weight excluding hydrogens is 324 g/mol. The smallest absolute Gasteiger partial charge is 0.146 e. The first-order valence-corrected chi connectivity index (χ1v) is 10.0. The summed E-state index contributed by atoms with van der Waals surface area (Å²) in [6.07, 6.45) is 10.2. The van der Waals surface area contributed by atoms with E-state index in [0.717, 1.165) is 37.8 Å². The molecule has 0 spiro atoms. The lowest BCUT2D eigenvalue weighted by atomic mass is 9.96. The molecule has 2 aliphatic heterocycles. The zero-order valence-electron chi connectivity index (χ0n) is 15.8. The molecule has 0 unspecified atom stereocenters. The summed E-state index contributed by atoms with van der Waals surface area (Å²) in [6.45, 7) is 6.57. The maximum atomic E-state index is 4.60. The van der Waals surface area contributed by atoms with E-state index in [0.29, 0.717) is 5.92 Å². The fourth-order valence-electron chi connectivity index (χ4n) is 4.34. The fraction of sp³-hybridized carbons (Fsp3) is 0.650. The second-order valence-electron chi connectivity index (χ2n) is 7.80. The van der Waals surface area contributed by atoms with E-state index in [1.54, 1.807) is 0 Å². The summed E-state index contributed by atoms with van der Waals surface area (Å²) in [5, 5.41) is 9.13. The molecule has 140 valence electrons. The van der Waals surface area contributed by atoms with Crippen molar-refractivity contribution >= 4 is 0 Å². The van der Waals surface area contributed by atoms with Gasteiger partial charge in [-0.1, -0.05) is 6.42 Å². The minimum Gasteiger partial charge on any atom is -0.317 e. The molecule has 0 aromatic carbocycles. The average molecular weight is 355 g/mol. The van der Waals surface area contributed by atoms with Crippen LogP contribution < -0.4 is 0 Å². The van der Waals surface area contributed by atoms with Crippen LogP contribution in [0.15, 0.2) is 24.5 Å². The van der Waals surface area contributed by atoms with Crippen molar-refractivity contribution < 1.29 is 0 Å². The molecule has 2 aromatic rings. The molecule has 0 aliphatic carbocycles. The van der Waals surface area contributed by atoms with Crippen LogP contribution in [0, 0.1) is 0 Å². The normalized spacial score (nSPS) is 22.6. The Morgan fingerprint density at radius 2 is 1.69 bits per heavy atom. The number of piperidine rings is 2. The van der Waals surface area contributed by atoms with Crippen LogP contribution in [-0.4, -0.2) is 55.7 Å². The van der Waals surface area contributed by atoms with Gasteiger partial charge in [0, 0.05) is 38.4 Å². The van der Waals surface area contributed by atoms with Gasteiger partial charge in [0.15, 0.2) is 0 Å². The van der Waals surface area contributed by atoms with Crippen molar-refractivity contribution in [1.82, 2.24) is 29.5 Å². The highest BCUT2D eigenvalue weighted by Gasteiger charge is 2.26. The average Bonchev–Trinajstić information content (AvgIpc) is 3.04. The van der Waals surface area contributed by atoms with Gasteiger partial charge in [-0.15, -0.1) is 10.2 Å². The van der Waals surface area contributed by atoms with Gasteiger partial charge in [0.25, 0.3) is 0 Å². The number of hydrogen-bond donors (Lipinski definition) is 0. The van der Waals surface area contributed by atoms with Crippen LogP contribution in [0.4, 0.5) is 0 Å². The Hall–Kier alpha value is -1.79. The molecule has 2 fully saturated rings. The first-order chi connectivity index (χ1) is 12.8. The lowest BCUT2D eigenvalue weighted by Crippen LogP contribution is -2.35. The maximum Gasteiger partial charge on any atom is 0.146 e. The highest BCUT2D eigenvalue weighted by molar-refractivity contribution is 5.10. The number of hydrogen-bond acceptors (Lipinski definition) is 5. The molecule has 6 nitrogen and oxygen atoms in total. The molecular formula is C20H30N6. The van der Waals surface area contributed by atoms with Crippen LogP contribution in [0.1, 0.15) is 55.2 Å². The minimum atomic E-state index is 0.484. The molecule has 1 atom stereocenters. The summed E-state index contributed by atoms with van der Waals surface area (Å²) in [7, 11) is 2.15. The minimum absolute atomic E-state index is 0.484. The molecule has 0 bridgehead atoms. The molecule has 0 amide bonds. The van der Waals surface area contributed by atoms with Crippen LogP contribution in [0.3, 0.4) is 0 Å². The first-order valence-electron chi connectivity index (χ1n) is 10.0. The van der Waals surface area contributed by atoms with Crippen molar-refractivity contribution in [1.29, 1.82) is 0 Å². The number of likely N-dealkylation sites (tertiary alicyclic amines) is 2. The van der Waals surface area contributed by atoms with Gasteiger partial charge in [-0.05, 0) is 63.0 Å². The molecule has 4 rings (SSSR count). The number of aromatic nitrogens is 4. The number of pyridine rings is 1. The van der Waals surface area contributed by atoms with Gasteiger partial charge in [0.2, 0.25) is 0 Å². The van der Waals surface area contributed by atoms with E-state index < -0.39 is 0 Å². The standard InChI is InChI=1S/C20H30N6/c1-24-19(16-25-11-3-2-4-12-25)22-23-20(24)18-6-5-13-26(15-18)14-17-7-9-21-10-8-17/h7-10,18H,2-6,11-16H2,1H3/t18-/m0/s1. The third-order valence-corrected chi connectivity index (χ3v) is 5.84.